The van der Waals surface area contributed by atoms with Crippen LogP contribution in [0.5, 0.6) is 0 Å². The van der Waals surface area contributed by atoms with Crippen molar-refractivity contribution in [1.82, 2.24) is 19.4 Å². The molecule has 2 aromatic carbocycles. The number of amides is 1. The predicted octanol–water partition coefficient (Wildman–Crippen LogP) is 3.94. The Bertz CT molecular complexity index is 1270. The fourth-order valence-corrected chi connectivity index (χ4v) is 4.01. The average molecular weight is 429 g/mol. The van der Waals surface area contributed by atoms with Crippen LogP contribution in [-0.2, 0) is 17.8 Å². The summed E-state index contributed by atoms with van der Waals surface area (Å²) in [4.78, 5) is 30.0. The molecule has 6 nitrogen and oxygen atoms in total. The minimum atomic E-state index is -0.109. The molecule has 1 amide bonds. The zero-order valence-corrected chi connectivity index (χ0v) is 18.5. The van der Waals surface area contributed by atoms with Gasteiger partial charge in [0.25, 0.3) is 5.56 Å². The van der Waals surface area contributed by atoms with Crippen LogP contribution < -0.4 is 10.9 Å². The van der Waals surface area contributed by atoms with Crippen molar-refractivity contribution in [2.24, 2.45) is 0 Å². The Hall–Kier alpha value is -3.67. The van der Waals surface area contributed by atoms with Gasteiger partial charge in [-0.1, -0.05) is 48.5 Å². The maximum absolute atomic E-state index is 13.2. The Morgan fingerprint density at radius 2 is 1.69 bits per heavy atom. The van der Waals surface area contributed by atoms with Crippen molar-refractivity contribution in [2.45, 2.75) is 39.7 Å². The largest absolute Gasteiger partial charge is 0.356 e. The van der Waals surface area contributed by atoms with Crippen molar-refractivity contribution in [2.75, 3.05) is 6.54 Å². The molecule has 4 rings (SSSR count). The second kappa shape index (κ2) is 9.64. The number of carbonyl (C=O) groups excluding carboxylic acids is 1. The van der Waals surface area contributed by atoms with Gasteiger partial charge in [-0.15, -0.1) is 0 Å². The lowest BCUT2D eigenvalue weighted by Gasteiger charge is -2.09. The van der Waals surface area contributed by atoms with Crippen LogP contribution in [0, 0.1) is 13.8 Å². The van der Waals surface area contributed by atoms with Gasteiger partial charge >= 0.3 is 0 Å². The monoisotopic (exact) mass is 428 g/mol. The molecule has 0 atom stereocenters. The smallest absolute Gasteiger partial charge is 0.263 e. The summed E-state index contributed by atoms with van der Waals surface area (Å²) in [6, 6.07) is 20.1. The average Bonchev–Trinajstić information content (AvgIpc) is 3.08. The molecule has 0 saturated carbocycles. The molecule has 1 N–H and O–H groups in total. The molecule has 0 bridgehead atoms. The third kappa shape index (κ3) is 4.49. The summed E-state index contributed by atoms with van der Waals surface area (Å²) < 4.78 is 3.55. The maximum atomic E-state index is 13.2. The molecule has 0 aliphatic carbocycles. The van der Waals surface area contributed by atoms with Crippen LogP contribution in [0.1, 0.15) is 29.7 Å². The summed E-state index contributed by atoms with van der Waals surface area (Å²) in [6.07, 6.45) is 3.61. The molecule has 0 spiro atoms. The third-order valence-electron chi connectivity index (χ3n) is 5.88. The van der Waals surface area contributed by atoms with Crippen molar-refractivity contribution in [3.05, 3.63) is 94.2 Å². The predicted molar refractivity (Wildman–Crippen MR) is 127 cm³/mol. The Morgan fingerprint density at radius 3 is 2.41 bits per heavy atom. The molecule has 2 aromatic heterocycles. The highest BCUT2D eigenvalue weighted by molar-refractivity contribution is 5.83. The van der Waals surface area contributed by atoms with Crippen molar-refractivity contribution in [3.63, 3.8) is 0 Å². The SMILES string of the molecule is Cc1c(C)n(-c2ccccc2)c2ncn(CCC(=O)NCCCc3ccccc3)c(=O)c12. The summed E-state index contributed by atoms with van der Waals surface area (Å²) in [5, 5.41) is 3.56. The molecule has 0 aliphatic heterocycles. The van der Waals surface area contributed by atoms with E-state index in [0.29, 0.717) is 24.1 Å². The first-order valence-corrected chi connectivity index (χ1v) is 11.0. The zero-order valence-electron chi connectivity index (χ0n) is 18.5. The Labute approximate surface area is 187 Å². The van der Waals surface area contributed by atoms with Crippen LogP contribution in [0.25, 0.3) is 16.7 Å². The van der Waals surface area contributed by atoms with Gasteiger partial charge in [0.1, 0.15) is 0 Å². The van der Waals surface area contributed by atoms with E-state index in [0.717, 1.165) is 29.8 Å². The first-order valence-electron chi connectivity index (χ1n) is 11.0. The maximum Gasteiger partial charge on any atom is 0.263 e. The molecule has 0 aliphatic rings. The van der Waals surface area contributed by atoms with E-state index >= 15 is 0 Å². The Balaban J connectivity index is 1.42. The van der Waals surface area contributed by atoms with Crippen LogP contribution >= 0.6 is 0 Å². The van der Waals surface area contributed by atoms with Crippen molar-refractivity contribution in [3.8, 4) is 5.69 Å². The van der Waals surface area contributed by atoms with E-state index in [9.17, 15) is 9.59 Å². The first-order chi connectivity index (χ1) is 15.6. The summed E-state index contributed by atoms with van der Waals surface area (Å²) in [5.41, 5.74) is 4.69. The number of aryl methyl sites for hydroxylation is 3. The summed E-state index contributed by atoms with van der Waals surface area (Å²) in [7, 11) is 0. The number of hydrogen-bond acceptors (Lipinski definition) is 3. The van der Waals surface area contributed by atoms with Gasteiger partial charge in [-0.3, -0.25) is 18.7 Å². The van der Waals surface area contributed by atoms with Crippen molar-refractivity contribution in [1.29, 1.82) is 0 Å². The molecule has 0 unspecified atom stereocenters. The van der Waals surface area contributed by atoms with Gasteiger partial charge in [0.15, 0.2) is 5.65 Å². The van der Waals surface area contributed by atoms with E-state index in [1.165, 1.54) is 10.1 Å². The van der Waals surface area contributed by atoms with Crippen LogP contribution in [-0.4, -0.2) is 26.6 Å². The number of para-hydroxylation sites is 1. The molecular weight excluding hydrogens is 400 g/mol. The van der Waals surface area contributed by atoms with E-state index < -0.39 is 0 Å². The lowest BCUT2D eigenvalue weighted by Crippen LogP contribution is -2.28. The molecular formula is C26H28N4O2. The molecule has 0 fully saturated rings. The number of nitrogens with zero attached hydrogens (tertiary/aromatic N) is 3. The molecule has 0 saturated heterocycles. The second-order valence-electron chi connectivity index (χ2n) is 8.01. The van der Waals surface area contributed by atoms with E-state index in [1.54, 1.807) is 6.33 Å². The summed E-state index contributed by atoms with van der Waals surface area (Å²) in [6.45, 7) is 4.88. The van der Waals surface area contributed by atoms with Gasteiger partial charge in [-0.05, 0) is 49.9 Å². The first kappa shape index (κ1) is 21.6. The molecule has 0 radical (unpaired) electrons. The number of rotatable bonds is 8. The summed E-state index contributed by atoms with van der Waals surface area (Å²) in [5.74, 6) is -0.0557. The lowest BCUT2D eigenvalue weighted by molar-refractivity contribution is -0.121. The molecule has 32 heavy (non-hydrogen) atoms. The number of hydrogen-bond donors (Lipinski definition) is 1. The highest BCUT2D eigenvalue weighted by Gasteiger charge is 2.18. The fraction of sp³-hybridized carbons (Fsp3) is 0.269. The molecule has 4 aromatic rings. The van der Waals surface area contributed by atoms with Crippen LogP contribution in [0.2, 0.25) is 0 Å². The van der Waals surface area contributed by atoms with Gasteiger partial charge < -0.3 is 5.32 Å². The molecule has 164 valence electrons. The number of benzene rings is 2. The van der Waals surface area contributed by atoms with Crippen LogP contribution in [0.3, 0.4) is 0 Å². The quantitative estimate of drug-likeness (QED) is 0.432. The molecule has 2 heterocycles. The van der Waals surface area contributed by atoms with Crippen LogP contribution in [0.15, 0.2) is 71.8 Å². The minimum Gasteiger partial charge on any atom is -0.356 e. The van der Waals surface area contributed by atoms with E-state index in [1.807, 2.05) is 66.9 Å². The number of carbonyl (C=O) groups is 1. The normalized spacial score (nSPS) is 11.1. The lowest BCUT2D eigenvalue weighted by atomic mass is 10.1. The zero-order chi connectivity index (χ0) is 22.5. The topological polar surface area (TPSA) is 68.9 Å². The van der Waals surface area contributed by atoms with Crippen LogP contribution in [0.4, 0.5) is 0 Å². The minimum absolute atomic E-state index is 0.0557. The molecule has 6 heteroatoms. The number of fused-ring (bicyclic) bond motifs is 1. The van der Waals surface area contributed by atoms with Gasteiger partial charge in [0.05, 0.1) is 11.7 Å². The van der Waals surface area contributed by atoms with Gasteiger partial charge in [-0.25, -0.2) is 4.98 Å². The third-order valence-corrected chi connectivity index (χ3v) is 5.88. The van der Waals surface area contributed by atoms with Gasteiger partial charge in [0, 0.05) is 30.9 Å². The standard InChI is InChI=1S/C26H28N4O2/c1-19-20(2)30(22-13-7-4-8-14-22)25-24(19)26(32)29(18-28-25)17-15-23(31)27-16-9-12-21-10-5-3-6-11-21/h3-8,10-11,13-14,18H,9,12,15-17H2,1-2H3,(H,27,31). The van der Waals surface area contributed by atoms with Gasteiger partial charge in [0.2, 0.25) is 5.91 Å². The highest BCUT2D eigenvalue weighted by atomic mass is 16.1. The van der Waals surface area contributed by atoms with Gasteiger partial charge in [-0.2, -0.15) is 0 Å². The van der Waals surface area contributed by atoms with E-state index in [4.69, 9.17) is 0 Å². The Morgan fingerprint density at radius 1 is 1.00 bits per heavy atom. The highest BCUT2D eigenvalue weighted by Crippen LogP contribution is 2.24. The Kier molecular flexibility index (Phi) is 6.50. The fourth-order valence-electron chi connectivity index (χ4n) is 4.01. The van der Waals surface area contributed by atoms with E-state index in [2.05, 4.69) is 22.4 Å². The number of nitrogens with one attached hydrogen (secondary N) is 1. The summed E-state index contributed by atoms with van der Waals surface area (Å²) >= 11 is 0. The van der Waals surface area contributed by atoms with Crippen molar-refractivity contribution < 1.29 is 4.79 Å². The van der Waals surface area contributed by atoms with E-state index in [-0.39, 0.29) is 17.9 Å². The van der Waals surface area contributed by atoms with Crippen molar-refractivity contribution >= 4 is 16.9 Å². The second-order valence-corrected chi connectivity index (χ2v) is 8.01. The number of aromatic nitrogens is 3.